The Balaban J connectivity index is 1.32. The molecule has 0 radical (unpaired) electrons. The van der Waals surface area contributed by atoms with E-state index in [-0.39, 0.29) is 30.7 Å². The highest BCUT2D eigenvalue weighted by Gasteiger charge is 2.44. The minimum absolute atomic E-state index is 0.00315. The molecule has 0 aliphatic carbocycles. The Hall–Kier alpha value is -2.52. The van der Waals surface area contributed by atoms with Crippen molar-refractivity contribution in [3.05, 3.63) is 36.0 Å². The topological polar surface area (TPSA) is 99.0 Å². The predicted molar refractivity (Wildman–Crippen MR) is 99.2 cm³/mol. The average molecular weight is 389 g/mol. The third-order valence-corrected chi connectivity index (χ3v) is 5.64. The normalized spacial score (nSPS) is 25.6. The van der Waals surface area contributed by atoms with Crippen molar-refractivity contribution >= 4 is 17.5 Å². The van der Waals surface area contributed by atoms with E-state index in [2.05, 4.69) is 20.5 Å². The lowest BCUT2D eigenvalue weighted by molar-refractivity contribution is -0.126. The molecule has 2 aliphatic rings. The lowest BCUT2D eigenvalue weighted by Crippen LogP contribution is -2.52. The average Bonchev–Trinajstić information content (AvgIpc) is 3.38. The summed E-state index contributed by atoms with van der Waals surface area (Å²) in [5.74, 6) is -1.17. The van der Waals surface area contributed by atoms with Crippen LogP contribution in [0.25, 0.3) is 5.65 Å². The molecule has 2 amide bonds. The van der Waals surface area contributed by atoms with E-state index in [0.29, 0.717) is 11.6 Å². The summed E-state index contributed by atoms with van der Waals surface area (Å²) >= 11 is 0. The minimum Gasteiger partial charge on any atom is -0.386 e. The van der Waals surface area contributed by atoms with Gasteiger partial charge in [0, 0.05) is 19.3 Å². The number of pyridine rings is 1. The zero-order valence-electron chi connectivity index (χ0n) is 15.7. The van der Waals surface area contributed by atoms with Crippen molar-refractivity contribution in [2.24, 2.45) is 5.92 Å². The van der Waals surface area contributed by atoms with Crippen molar-refractivity contribution in [1.82, 2.24) is 24.9 Å². The maximum absolute atomic E-state index is 14.3. The molecule has 2 atom stereocenters. The first-order chi connectivity index (χ1) is 13.4. The van der Waals surface area contributed by atoms with Gasteiger partial charge < -0.3 is 15.7 Å². The number of aromatic nitrogens is 2. The minimum atomic E-state index is -1.37. The second-order valence-corrected chi connectivity index (χ2v) is 7.90. The Morgan fingerprint density at radius 3 is 2.64 bits per heavy atom. The predicted octanol–water partition coefficient (Wildman–Crippen LogP) is 0.165. The summed E-state index contributed by atoms with van der Waals surface area (Å²) in [5, 5.41) is 15.8. The van der Waals surface area contributed by atoms with Gasteiger partial charge in [0.15, 0.2) is 5.69 Å². The van der Waals surface area contributed by atoms with Crippen LogP contribution < -0.4 is 10.6 Å². The summed E-state index contributed by atoms with van der Waals surface area (Å²) in [6.45, 7) is 3.25. The van der Waals surface area contributed by atoms with Crippen LogP contribution >= 0.6 is 0 Å². The zero-order valence-corrected chi connectivity index (χ0v) is 15.7. The van der Waals surface area contributed by atoms with Crippen molar-refractivity contribution in [1.29, 1.82) is 0 Å². The van der Waals surface area contributed by atoms with Gasteiger partial charge in [-0.05, 0) is 50.9 Å². The van der Waals surface area contributed by atoms with Gasteiger partial charge in [-0.1, -0.05) is 6.07 Å². The van der Waals surface area contributed by atoms with Crippen molar-refractivity contribution < 1.29 is 19.1 Å². The van der Waals surface area contributed by atoms with Gasteiger partial charge in [-0.25, -0.2) is 4.98 Å². The van der Waals surface area contributed by atoms with E-state index in [1.807, 2.05) is 0 Å². The molecule has 3 N–H and O–H groups in total. The molecule has 8 nitrogen and oxygen atoms in total. The Labute approximate surface area is 161 Å². The summed E-state index contributed by atoms with van der Waals surface area (Å²) < 4.78 is 15.5. The van der Waals surface area contributed by atoms with E-state index in [1.165, 1.54) is 17.5 Å². The third kappa shape index (κ3) is 3.47. The second-order valence-electron chi connectivity index (χ2n) is 7.90. The van der Waals surface area contributed by atoms with Gasteiger partial charge in [0.25, 0.3) is 5.91 Å². The van der Waals surface area contributed by atoms with Gasteiger partial charge in [-0.3, -0.25) is 18.9 Å². The van der Waals surface area contributed by atoms with Gasteiger partial charge in [0.2, 0.25) is 11.9 Å². The summed E-state index contributed by atoms with van der Waals surface area (Å²) in [5.41, 5.74) is -1.37. The number of amides is 2. The fourth-order valence-electron chi connectivity index (χ4n) is 4.10. The van der Waals surface area contributed by atoms with Crippen LogP contribution in [0.2, 0.25) is 0 Å². The maximum Gasteiger partial charge on any atom is 0.274 e. The quantitative estimate of drug-likeness (QED) is 0.654. The smallest absolute Gasteiger partial charge is 0.274 e. The lowest BCUT2D eigenvalue weighted by Gasteiger charge is -2.26. The summed E-state index contributed by atoms with van der Waals surface area (Å²) in [7, 11) is 0. The fourth-order valence-corrected chi connectivity index (χ4v) is 4.10. The highest BCUT2D eigenvalue weighted by atomic mass is 19.1. The number of piperidine rings is 1. The molecule has 2 bridgehead atoms. The number of aliphatic hydroxyl groups is 1. The van der Waals surface area contributed by atoms with Crippen LogP contribution in [0.4, 0.5) is 4.39 Å². The second kappa shape index (κ2) is 7.14. The molecule has 2 aliphatic heterocycles. The molecule has 4 heterocycles. The van der Waals surface area contributed by atoms with E-state index in [9.17, 15) is 19.1 Å². The van der Waals surface area contributed by atoms with Gasteiger partial charge >= 0.3 is 0 Å². The molecule has 9 heteroatoms. The maximum atomic E-state index is 14.3. The molecule has 2 saturated heterocycles. The molecular formula is C19H24FN5O3. The molecular weight excluding hydrogens is 365 g/mol. The summed E-state index contributed by atoms with van der Waals surface area (Å²) in [4.78, 5) is 30.9. The van der Waals surface area contributed by atoms with Crippen LogP contribution in [0.5, 0.6) is 0 Å². The number of halogens is 1. The first kappa shape index (κ1) is 18.8. The number of fused-ring (bicyclic) bond motifs is 3. The Morgan fingerprint density at radius 2 is 2.00 bits per heavy atom. The molecule has 150 valence electrons. The fraction of sp³-hybridized carbons (Fsp3) is 0.526. The molecule has 2 aromatic rings. The molecule has 2 unspecified atom stereocenters. The number of rotatable bonds is 6. The third-order valence-electron chi connectivity index (χ3n) is 5.64. The molecule has 2 fully saturated rings. The number of hydrogen-bond acceptors (Lipinski definition) is 5. The molecule has 2 aromatic heterocycles. The number of carbonyl (C=O) groups is 2. The van der Waals surface area contributed by atoms with Crippen LogP contribution in [0.1, 0.15) is 30.3 Å². The first-order valence-corrected chi connectivity index (χ1v) is 9.51. The monoisotopic (exact) mass is 389 g/mol. The number of carbonyl (C=O) groups excluding carboxylic acids is 2. The van der Waals surface area contributed by atoms with E-state index < -0.39 is 17.5 Å². The lowest BCUT2D eigenvalue weighted by atomic mass is 9.99. The van der Waals surface area contributed by atoms with Crippen LogP contribution in [0.15, 0.2) is 24.4 Å². The Bertz CT molecular complexity index is 892. The largest absolute Gasteiger partial charge is 0.386 e. The van der Waals surface area contributed by atoms with E-state index in [0.717, 1.165) is 25.9 Å². The van der Waals surface area contributed by atoms with Crippen molar-refractivity contribution in [2.75, 3.05) is 26.2 Å². The van der Waals surface area contributed by atoms with Crippen LogP contribution in [0.3, 0.4) is 0 Å². The SMILES string of the molecule is CC(O)(CNC(=O)c1nc2ccccn2c1F)CNC(=O)C1C2CCN1CC2. The zero-order chi connectivity index (χ0) is 19.9. The van der Waals surface area contributed by atoms with Gasteiger partial charge in [0.1, 0.15) is 5.65 Å². The summed E-state index contributed by atoms with van der Waals surface area (Å²) in [6, 6.07) is 4.82. The van der Waals surface area contributed by atoms with Crippen LogP contribution in [-0.2, 0) is 4.79 Å². The number of nitrogens with one attached hydrogen (secondary N) is 2. The van der Waals surface area contributed by atoms with E-state index >= 15 is 0 Å². The van der Waals surface area contributed by atoms with Gasteiger partial charge in [-0.15, -0.1) is 0 Å². The molecule has 0 aromatic carbocycles. The standard InChI is InChI=1S/C19H24FN5O3/c1-19(28,11-22-18(27)15-12-5-8-24(15)9-6-12)10-21-17(26)14-16(20)25-7-3-2-4-13(25)23-14/h2-4,7,12,15,28H,5-6,8-11H2,1H3,(H,21,26)(H,22,27). The van der Waals surface area contributed by atoms with Crippen molar-refractivity contribution in [3.63, 3.8) is 0 Å². The first-order valence-electron chi connectivity index (χ1n) is 9.51. The van der Waals surface area contributed by atoms with Crippen LogP contribution in [0, 0.1) is 11.9 Å². The van der Waals surface area contributed by atoms with Crippen molar-refractivity contribution in [2.45, 2.75) is 31.4 Å². The Morgan fingerprint density at radius 1 is 1.29 bits per heavy atom. The van der Waals surface area contributed by atoms with Crippen LogP contribution in [-0.4, -0.2) is 69.0 Å². The Kier molecular flexibility index (Phi) is 4.80. The number of imidazole rings is 1. The van der Waals surface area contributed by atoms with Gasteiger partial charge in [0.05, 0.1) is 11.6 Å². The highest BCUT2D eigenvalue weighted by Crippen LogP contribution is 2.34. The van der Waals surface area contributed by atoms with E-state index in [4.69, 9.17) is 0 Å². The van der Waals surface area contributed by atoms with E-state index in [1.54, 1.807) is 18.2 Å². The molecule has 0 spiro atoms. The molecule has 4 rings (SSSR count). The molecule has 0 saturated carbocycles. The summed E-state index contributed by atoms with van der Waals surface area (Å²) in [6.07, 6.45) is 3.55. The number of hydrogen-bond donors (Lipinski definition) is 3. The number of nitrogens with zero attached hydrogens (tertiary/aromatic N) is 3. The highest BCUT2D eigenvalue weighted by molar-refractivity contribution is 5.93. The van der Waals surface area contributed by atoms with Gasteiger partial charge in [-0.2, -0.15) is 4.39 Å². The van der Waals surface area contributed by atoms with Crippen molar-refractivity contribution in [3.8, 4) is 0 Å². The molecule has 28 heavy (non-hydrogen) atoms.